The van der Waals surface area contributed by atoms with Crippen LogP contribution >= 0.6 is 11.6 Å². The average Bonchev–Trinajstić information content (AvgIpc) is 3.13. The number of benzene rings is 2. The van der Waals surface area contributed by atoms with Gasteiger partial charge in [0.1, 0.15) is 0 Å². The van der Waals surface area contributed by atoms with Crippen LogP contribution in [0.15, 0.2) is 54.6 Å². The molecule has 3 rings (SSSR count). The topological polar surface area (TPSA) is 52.6 Å². The summed E-state index contributed by atoms with van der Waals surface area (Å²) in [6.07, 6.45) is -4.02. The van der Waals surface area contributed by atoms with Crippen molar-refractivity contribution in [2.24, 2.45) is 5.92 Å². The Balaban J connectivity index is 1.54. The SMILES string of the molecule is O=C(CC1CCN(Cc2ccccc2)C1)NCC(O)(c1ccc(Cl)cc1)C(F)(F)F. The zero-order valence-corrected chi connectivity index (χ0v) is 17.1. The number of carbonyl (C=O) groups excluding carboxylic acids is 1. The molecule has 1 fully saturated rings. The zero-order valence-electron chi connectivity index (χ0n) is 16.3. The lowest BCUT2D eigenvalue weighted by Crippen LogP contribution is -2.51. The predicted molar refractivity (Wildman–Crippen MR) is 109 cm³/mol. The molecule has 1 amide bonds. The second-order valence-electron chi connectivity index (χ2n) is 7.72. The summed E-state index contributed by atoms with van der Waals surface area (Å²) in [6.45, 7) is 1.38. The summed E-state index contributed by atoms with van der Waals surface area (Å²) in [5, 5.41) is 12.9. The number of carbonyl (C=O) groups is 1. The van der Waals surface area contributed by atoms with Crippen molar-refractivity contribution in [3.8, 4) is 0 Å². The Bertz CT molecular complexity index is 846. The number of amides is 1. The molecule has 2 N–H and O–H groups in total. The molecular formula is C22H24ClF3N2O2. The van der Waals surface area contributed by atoms with E-state index in [0.717, 1.165) is 31.6 Å². The minimum Gasteiger partial charge on any atom is -0.375 e. The molecule has 0 bridgehead atoms. The third-order valence-electron chi connectivity index (χ3n) is 5.43. The maximum Gasteiger partial charge on any atom is 0.423 e. The second-order valence-corrected chi connectivity index (χ2v) is 8.16. The molecule has 1 aliphatic rings. The first-order valence-electron chi connectivity index (χ1n) is 9.75. The van der Waals surface area contributed by atoms with Crippen LogP contribution in [0.5, 0.6) is 0 Å². The molecule has 2 aromatic rings. The van der Waals surface area contributed by atoms with Gasteiger partial charge >= 0.3 is 6.18 Å². The lowest BCUT2D eigenvalue weighted by atomic mass is 9.92. The first-order valence-corrected chi connectivity index (χ1v) is 10.1. The summed E-state index contributed by atoms with van der Waals surface area (Å²) in [5.41, 5.74) is -2.36. The quantitative estimate of drug-likeness (QED) is 0.681. The van der Waals surface area contributed by atoms with Gasteiger partial charge in [-0.3, -0.25) is 9.69 Å². The van der Waals surface area contributed by atoms with Gasteiger partial charge in [0.2, 0.25) is 11.5 Å². The molecule has 162 valence electrons. The number of hydrogen-bond donors (Lipinski definition) is 2. The van der Waals surface area contributed by atoms with E-state index in [0.29, 0.717) is 6.54 Å². The number of nitrogens with zero attached hydrogens (tertiary/aromatic N) is 1. The van der Waals surface area contributed by atoms with Crippen LogP contribution in [-0.4, -0.2) is 41.7 Å². The van der Waals surface area contributed by atoms with Crippen LogP contribution in [0.2, 0.25) is 5.02 Å². The summed E-state index contributed by atoms with van der Waals surface area (Å²) in [6, 6.07) is 14.7. The van der Waals surface area contributed by atoms with Gasteiger partial charge in [0.25, 0.3) is 0 Å². The maximum atomic E-state index is 13.6. The summed E-state index contributed by atoms with van der Waals surface area (Å²) >= 11 is 5.72. The fraction of sp³-hybridized carbons (Fsp3) is 0.409. The standard InChI is InChI=1S/C22H24ClF3N2O2/c23-19-8-6-18(7-9-19)21(30,22(24,25)26)15-27-20(29)12-17-10-11-28(14-17)13-16-4-2-1-3-5-16/h1-9,17,30H,10-15H2,(H,27,29). The third-order valence-corrected chi connectivity index (χ3v) is 5.68. The fourth-order valence-electron chi connectivity index (χ4n) is 3.72. The van der Waals surface area contributed by atoms with E-state index in [-0.39, 0.29) is 22.9 Å². The van der Waals surface area contributed by atoms with Crippen LogP contribution in [0, 0.1) is 5.92 Å². The van der Waals surface area contributed by atoms with Gasteiger partial charge in [0.05, 0.1) is 6.54 Å². The first-order chi connectivity index (χ1) is 14.2. The highest BCUT2D eigenvalue weighted by Crippen LogP contribution is 2.39. The summed E-state index contributed by atoms with van der Waals surface area (Å²) in [5.74, 6) is -0.429. The number of hydrogen-bond acceptors (Lipinski definition) is 3. The minimum absolute atomic E-state index is 0.0724. The van der Waals surface area contributed by atoms with E-state index in [9.17, 15) is 23.1 Å². The molecule has 4 nitrogen and oxygen atoms in total. The van der Waals surface area contributed by atoms with Gasteiger partial charge in [-0.2, -0.15) is 13.2 Å². The Labute approximate surface area is 178 Å². The van der Waals surface area contributed by atoms with E-state index >= 15 is 0 Å². The normalized spacial score (nSPS) is 19.4. The molecule has 0 spiro atoms. The molecule has 1 saturated heterocycles. The Kier molecular flexibility index (Phi) is 7.06. The van der Waals surface area contributed by atoms with Crippen molar-refractivity contribution in [3.63, 3.8) is 0 Å². The van der Waals surface area contributed by atoms with Crippen LogP contribution in [0.4, 0.5) is 13.2 Å². The van der Waals surface area contributed by atoms with E-state index < -0.39 is 24.2 Å². The average molecular weight is 441 g/mol. The molecule has 1 heterocycles. The predicted octanol–water partition coefficient (Wildman–Crippen LogP) is 4.12. The van der Waals surface area contributed by atoms with Crippen molar-refractivity contribution in [2.75, 3.05) is 19.6 Å². The van der Waals surface area contributed by atoms with Crippen LogP contribution in [-0.2, 0) is 16.9 Å². The van der Waals surface area contributed by atoms with Gasteiger partial charge in [0.15, 0.2) is 0 Å². The number of likely N-dealkylation sites (tertiary alicyclic amines) is 1. The number of nitrogens with one attached hydrogen (secondary N) is 1. The van der Waals surface area contributed by atoms with E-state index in [1.807, 2.05) is 30.3 Å². The lowest BCUT2D eigenvalue weighted by molar-refractivity contribution is -0.264. The Morgan fingerprint density at radius 2 is 1.80 bits per heavy atom. The van der Waals surface area contributed by atoms with Gasteiger partial charge < -0.3 is 10.4 Å². The molecule has 8 heteroatoms. The highest BCUT2D eigenvalue weighted by molar-refractivity contribution is 6.30. The molecule has 2 unspecified atom stereocenters. The summed E-state index contributed by atoms with van der Waals surface area (Å²) in [7, 11) is 0. The number of aliphatic hydroxyl groups is 1. The number of rotatable bonds is 7. The zero-order chi connectivity index (χ0) is 21.8. The molecule has 0 aromatic heterocycles. The van der Waals surface area contributed by atoms with Gasteiger partial charge in [-0.15, -0.1) is 0 Å². The smallest absolute Gasteiger partial charge is 0.375 e. The lowest BCUT2D eigenvalue weighted by Gasteiger charge is -2.31. The molecule has 1 aliphatic heterocycles. The maximum absolute atomic E-state index is 13.6. The van der Waals surface area contributed by atoms with Gasteiger partial charge in [-0.05, 0) is 42.1 Å². The van der Waals surface area contributed by atoms with Crippen molar-refractivity contribution in [3.05, 3.63) is 70.7 Å². The van der Waals surface area contributed by atoms with Gasteiger partial charge in [0, 0.05) is 24.5 Å². The molecule has 2 aromatic carbocycles. The molecule has 0 saturated carbocycles. The number of alkyl halides is 3. The molecule has 0 aliphatic carbocycles. The molecule has 30 heavy (non-hydrogen) atoms. The molecule has 0 radical (unpaired) electrons. The summed E-state index contributed by atoms with van der Waals surface area (Å²) < 4.78 is 40.7. The van der Waals surface area contributed by atoms with Crippen molar-refractivity contribution in [2.45, 2.75) is 31.2 Å². The van der Waals surface area contributed by atoms with Crippen molar-refractivity contribution >= 4 is 17.5 Å². The van der Waals surface area contributed by atoms with Gasteiger partial charge in [-0.1, -0.05) is 54.1 Å². The Hall–Kier alpha value is -2.09. The van der Waals surface area contributed by atoms with Crippen molar-refractivity contribution < 1.29 is 23.1 Å². The fourth-order valence-corrected chi connectivity index (χ4v) is 3.84. The van der Waals surface area contributed by atoms with Gasteiger partial charge in [-0.25, -0.2) is 0 Å². The van der Waals surface area contributed by atoms with Crippen LogP contribution < -0.4 is 5.32 Å². The molecule has 2 atom stereocenters. The van der Waals surface area contributed by atoms with E-state index in [1.165, 1.54) is 17.7 Å². The Morgan fingerprint density at radius 3 is 2.43 bits per heavy atom. The Morgan fingerprint density at radius 1 is 1.13 bits per heavy atom. The van der Waals surface area contributed by atoms with Crippen LogP contribution in [0.3, 0.4) is 0 Å². The number of halogens is 4. The van der Waals surface area contributed by atoms with Crippen LogP contribution in [0.1, 0.15) is 24.0 Å². The highest BCUT2D eigenvalue weighted by Gasteiger charge is 2.55. The van der Waals surface area contributed by atoms with Crippen molar-refractivity contribution in [1.29, 1.82) is 0 Å². The first kappa shape index (κ1) is 22.6. The second kappa shape index (κ2) is 9.37. The van der Waals surface area contributed by atoms with Crippen molar-refractivity contribution in [1.82, 2.24) is 10.2 Å². The van der Waals surface area contributed by atoms with E-state index in [2.05, 4.69) is 10.2 Å². The monoisotopic (exact) mass is 440 g/mol. The summed E-state index contributed by atoms with van der Waals surface area (Å²) in [4.78, 5) is 14.5. The van der Waals surface area contributed by atoms with Crippen LogP contribution in [0.25, 0.3) is 0 Å². The third kappa shape index (κ3) is 5.53. The molecular weight excluding hydrogens is 417 g/mol. The van der Waals surface area contributed by atoms with E-state index in [1.54, 1.807) is 0 Å². The van der Waals surface area contributed by atoms with E-state index in [4.69, 9.17) is 11.6 Å². The highest BCUT2D eigenvalue weighted by atomic mass is 35.5. The largest absolute Gasteiger partial charge is 0.423 e. The minimum atomic E-state index is -4.95.